The van der Waals surface area contributed by atoms with Gasteiger partial charge in [0, 0.05) is 24.7 Å². The van der Waals surface area contributed by atoms with Crippen molar-refractivity contribution in [1.82, 2.24) is 0 Å². The van der Waals surface area contributed by atoms with Gasteiger partial charge in [0.15, 0.2) is 11.9 Å². The summed E-state index contributed by atoms with van der Waals surface area (Å²) in [6.07, 6.45) is 3.67. The van der Waals surface area contributed by atoms with Crippen molar-refractivity contribution in [2.45, 2.75) is 52.6 Å². The first-order valence-electron chi connectivity index (χ1n) is 11.6. The number of hydrogen-bond acceptors (Lipinski definition) is 6. The molecule has 0 aliphatic heterocycles. The van der Waals surface area contributed by atoms with Crippen LogP contribution in [-0.2, 0) is 19.0 Å². The summed E-state index contributed by atoms with van der Waals surface area (Å²) in [6, 6.07) is 15.3. The summed E-state index contributed by atoms with van der Waals surface area (Å²) < 4.78 is 16.5. The van der Waals surface area contributed by atoms with Crippen LogP contribution in [0.15, 0.2) is 54.6 Å². The second-order valence-corrected chi connectivity index (χ2v) is 8.02. The molecule has 6 heteroatoms. The average molecular weight is 455 g/mol. The summed E-state index contributed by atoms with van der Waals surface area (Å²) in [5.41, 5.74) is 0.910. The van der Waals surface area contributed by atoms with Crippen LogP contribution in [-0.4, -0.2) is 43.6 Å². The molecule has 0 heterocycles. The number of unbranched alkanes of at least 4 members (excludes halogenated alkanes) is 1. The largest absolute Gasteiger partial charge is 0.458 e. The lowest BCUT2D eigenvalue weighted by Gasteiger charge is -2.20. The summed E-state index contributed by atoms with van der Waals surface area (Å²) in [5.74, 6) is -0.944. The Kier molecular flexibility index (Phi) is 11.3. The van der Waals surface area contributed by atoms with Crippen LogP contribution in [0.4, 0.5) is 0 Å². The highest BCUT2D eigenvalue weighted by molar-refractivity contribution is 6.14. The van der Waals surface area contributed by atoms with Crippen molar-refractivity contribution in [2.75, 3.05) is 19.8 Å². The molecule has 0 spiro atoms. The third-order valence-electron chi connectivity index (χ3n) is 5.36. The first-order chi connectivity index (χ1) is 16.0. The molecule has 2 aromatic rings. The van der Waals surface area contributed by atoms with Crippen LogP contribution in [0.2, 0.25) is 0 Å². The molecule has 6 nitrogen and oxygen atoms in total. The van der Waals surface area contributed by atoms with Gasteiger partial charge in [0.1, 0.15) is 6.61 Å². The first-order valence-corrected chi connectivity index (χ1v) is 11.6. The SMILES string of the molecule is CCCCC(CC)COCC(COC(=O)c1ccccc1C(=O)c1ccccc1)OC(C)=O. The molecule has 0 saturated carbocycles. The van der Waals surface area contributed by atoms with Gasteiger partial charge >= 0.3 is 11.9 Å². The number of carbonyl (C=O) groups excluding carboxylic acids is 3. The van der Waals surface area contributed by atoms with Gasteiger partial charge in [-0.1, -0.05) is 81.6 Å². The molecule has 0 N–H and O–H groups in total. The topological polar surface area (TPSA) is 78.9 Å². The molecule has 178 valence electrons. The van der Waals surface area contributed by atoms with E-state index in [1.54, 1.807) is 48.5 Å². The second kappa shape index (κ2) is 14.2. The molecule has 0 aliphatic rings. The fourth-order valence-electron chi connectivity index (χ4n) is 3.47. The van der Waals surface area contributed by atoms with Crippen molar-refractivity contribution in [2.24, 2.45) is 5.92 Å². The van der Waals surface area contributed by atoms with Gasteiger partial charge in [-0.15, -0.1) is 0 Å². The fourth-order valence-corrected chi connectivity index (χ4v) is 3.47. The Morgan fingerprint density at radius 3 is 2.15 bits per heavy atom. The Balaban J connectivity index is 2.00. The van der Waals surface area contributed by atoms with E-state index >= 15 is 0 Å². The van der Waals surface area contributed by atoms with E-state index in [1.807, 2.05) is 6.07 Å². The predicted octanol–water partition coefficient (Wildman–Crippen LogP) is 5.24. The molecule has 0 fully saturated rings. The van der Waals surface area contributed by atoms with Gasteiger partial charge in [-0.05, 0) is 18.4 Å². The number of rotatable bonds is 14. The molecule has 2 aromatic carbocycles. The first kappa shape index (κ1) is 26.3. The standard InChI is InChI=1S/C27H34O6/c1-4-6-12-21(5-2)17-31-18-23(33-20(3)28)19-32-27(30)25-16-11-10-15-24(25)26(29)22-13-8-7-9-14-22/h7-11,13-16,21,23H,4-6,12,17-19H2,1-3H3. The smallest absolute Gasteiger partial charge is 0.339 e. The Labute approximate surface area is 196 Å². The van der Waals surface area contributed by atoms with Crippen LogP contribution < -0.4 is 0 Å². The molecule has 0 amide bonds. The van der Waals surface area contributed by atoms with Gasteiger partial charge in [-0.25, -0.2) is 4.79 Å². The third kappa shape index (κ3) is 8.81. The minimum Gasteiger partial charge on any atom is -0.458 e. The van der Waals surface area contributed by atoms with Crippen molar-refractivity contribution in [1.29, 1.82) is 0 Å². The molecule has 0 radical (unpaired) electrons. The summed E-state index contributed by atoms with van der Waals surface area (Å²) in [5, 5.41) is 0. The van der Waals surface area contributed by atoms with E-state index in [4.69, 9.17) is 14.2 Å². The molecule has 0 bridgehead atoms. The van der Waals surface area contributed by atoms with E-state index in [2.05, 4.69) is 13.8 Å². The van der Waals surface area contributed by atoms with Gasteiger partial charge in [-0.3, -0.25) is 9.59 Å². The van der Waals surface area contributed by atoms with E-state index in [1.165, 1.54) is 6.92 Å². The van der Waals surface area contributed by atoms with E-state index in [9.17, 15) is 14.4 Å². The number of hydrogen-bond donors (Lipinski definition) is 0. The van der Waals surface area contributed by atoms with Crippen LogP contribution in [0, 0.1) is 5.92 Å². The number of esters is 2. The summed E-state index contributed by atoms with van der Waals surface area (Å²) >= 11 is 0. The minimum atomic E-state index is -0.716. The van der Waals surface area contributed by atoms with Crippen molar-refractivity contribution in [3.8, 4) is 0 Å². The van der Waals surface area contributed by atoms with E-state index in [0.717, 1.165) is 25.7 Å². The molecule has 2 unspecified atom stereocenters. The lowest BCUT2D eigenvalue weighted by atomic mass is 9.98. The zero-order chi connectivity index (χ0) is 24.1. The van der Waals surface area contributed by atoms with E-state index in [-0.39, 0.29) is 30.1 Å². The molecule has 2 rings (SSSR count). The predicted molar refractivity (Wildman–Crippen MR) is 126 cm³/mol. The van der Waals surface area contributed by atoms with Crippen LogP contribution in [0.1, 0.15) is 72.7 Å². The quantitative estimate of drug-likeness (QED) is 0.287. The van der Waals surface area contributed by atoms with Crippen molar-refractivity contribution >= 4 is 17.7 Å². The fraction of sp³-hybridized carbons (Fsp3) is 0.444. The Hall–Kier alpha value is -2.99. The molecule has 0 aliphatic carbocycles. The van der Waals surface area contributed by atoms with Crippen LogP contribution in [0.5, 0.6) is 0 Å². The minimum absolute atomic E-state index is 0.139. The Bertz CT molecular complexity index is 892. The number of benzene rings is 2. The maximum atomic E-state index is 12.9. The zero-order valence-electron chi connectivity index (χ0n) is 19.8. The number of carbonyl (C=O) groups is 3. The highest BCUT2D eigenvalue weighted by Crippen LogP contribution is 2.17. The van der Waals surface area contributed by atoms with Crippen molar-refractivity contribution < 1.29 is 28.6 Å². The molecular formula is C27H34O6. The van der Waals surface area contributed by atoms with E-state index in [0.29, 0.717) is 18.1 Å². The molecular weight excluding hydrogens is 420 g/mol. The number of ketones is 1. The maximum absolute atomic E-state index is 12.9. The number of ether oxygens (including phenoxy) is 3. The van der Waals surface area contributed by atoms with Gasteiger partial charge in [-0.2, -0.15) is 0 Å². The van der Waals surface area contributed by atoms with Crippen LogP contribution >= 0.6 is 0 Å². The second-order valence-electron chi connectivity index (χ2n) is 8.02. The van der Waals surface area contributed by atoms with Crippen LogP contribution in [0.25, 0.3) is 0 Å². The average Bonchev–Trinajstić information content (AvgIpc) is 2.84. The molecule has 33 heavy (non-hydrogen) atoms. The monoisotopic (exact) mass is 454 g/mol. The van der Waals surface area contributed by atoms with Crippen molar-refractivity contribution in [3.05, 3.63) is 71.3 Å². The Morgan fingerprint density at radius 2 is 1.52 bits per heavy atom. The summed E-state index contributed by atoms with van der Waals surface area (Å²) in [4.78, 5) is 37.1. The lowest BCUT2D eigenvalue weighted by Crippen LogP contribution is -2.30. The van der Waals surface area contributed by atoms with Crippen LogP contribution in [0.3, 0.4) is 0 Å². The molecule has 0 saturated heterocycles. The molecule has 2 atom stereocenters. The maximum Gasteiger partial charge on any atom is 0.339 e. The van der Waals surface area contributed by atoms with Gasteiger partial charge in [0.25, 0.3) is 0 Å². The highest BCUT2D eigenvalue weighted by atomic mass is 16.6. The molecule has 0 aromatic heterocycles. The third-order valence-corrected chi connectivity index (χ3v) is 5.36. The van der Waals surface area contributed by atoms with Gasteiger partial charge in [0.2, 0.25) is 0 Å². The van der Waals surface area contributed by atoms with Crippen molar-refractivity contribution in [3.63, 3.8) is 0 Å². The lowest BCUT2D eigenvalue weighted by molar-refractivity contribution is -0.152. The van der Waals surface area contributed by atoms with Gasteiger partial charge in [0.05, 0.1) is 12.2 Å². The van der Waals surface area contributed by atoms with Gasteiger partial charge < -0.3 is 14.2 Å². The summed E-state index contributed by atoms with van der Waals surface area (Å²) in [7, 11) is 0. The zero-order valence-corrected chi connectivity index (χ0v) is 19.8. The highest BCUT2D eigenvalue weighted by Gasteiger charge is 2.22. The normalized spacial score (nSPS) is 12.6. The van der Waals surface area contributed by atoms with E-state index < -0.39 is 18.0 Å². The summed E-state index contributed by atoms with van der Waals surface area (Å²) in [6.45, 7) is 6.14. The Morgan fingerprint density at radius 1 is 0.848 bits per heavy atom.